The van der Waals surface area contributed by atoms with Crippen LogP contribution in [0.25, 0.3) is 5.65 Å². The third kappa shape index (κ3) is 3.20. The van der Waals surface area contributed by atoms with Crippen LogP contribution in [0.1, 0.15) is 18.5 Å². The lowest BCUT2D eigenvalue weighted by Gasteiger charge is -2.41. The predicted molar refractivity (Wildman–Crippen MR) is 95.4 cm³/mol. The second-order valence-electron chi connectivity index (χ2n) is 6.11. The Labute approximate surface area is 146 Å². The van der Waals surface area contributed by atoms with Crippen LogP contribution >= 0.6 is 0 Å². The number of hydrogen-bond acceptors (Lipinski definition) is 6. The van der Waals surface area contributed by atoms with Gasteiger partial charge in [-0.15, -0.1) is 10.2 Å². The monoisotopic (exact) mass is 338 g/mol. The molecule has 1 fully saturated rings. The molecule has 7 nitrogen and oxygen atoms in total. The van der Waals surface area contributed by atoms with Gasteiger partial charge in [0.15, 0.2) is 5.82 Å². The fraction of sp³-hybridized carbons (Fsp3) is 0.389. The van der Waals surface area contributed by atoms with Crippen molar-refractivity contribution in [2.24, 2.45) is 0 Å². The van der Waals surface area contributed by atoms with E-state index in [0.717, 1.165) is 31.2 Å². The number of ether oxygens (including phenoxy) is 1. The first-order chi connectivity index (χ1) is 12.4. The number of nitrogens with one attached hydrogen (secondary N) is 1. The maximum atomic E-state index is 6.12. The summed E-state index contributed by atoms with van der Waals surface area (Å²) in [5, 5.41) is 11.5. The van der Waals surface area contributed by atoms with E-state index in [-0.39, 0.29) is 12.1 Å². The van der Waals surface area contributed by atoms with E-state index in [0.29, 0.717) is 6.54 Å². The van der Waals surface area contributed by atoms with Gasteiger partial charge in [0.2, 0.25) is 5.65 Å². The van der Waals surface area contributed by atoms with E-state index in [1.54, 1.807) is 12.5 Å². The Balaban J connectivity index is 1.56. The molecule has 1 aliphatic heterocycles. The van der Waals surface area contributed by atoms with Gasteiger partial charge >= 0.3 is 0 Å². The molecule has 0 radical (unpaired) electrons. The summed E-state index contributed by atoms with van der Waals surface area (Å²) in [5.74, 6) is 0.726. The average Bonchev–Trinajstić information content (AvgIpc) is 3.16. The summed E-state index contributed by atoms with van der Waals surface area (Å²) in [6.45, 7) is 5.55. The SMILES string of the molecule is CCN1CCO[C@@H](CNc2nccn3cnnc23)[C@@H]1c1ccccc1. The maximum Gasteiger partial charge on any atom is 0.203 e. The number of morpholine rings is 1. The number of rotatable bonds is 5. The molecule has 4 rings (SSSR count). The van der Waals surface area contributed by atoms with Crippen molar-refractivity contribution in [3.05, 3.63) is 54.6 Å². The van der Waals surface area contributed by atoms with Gasteiger partial charge in [-0.2, -0.15) is 0 Å². The third-order valence-electron chi connectivity index (χ3n) is 4.69. The molecule has 3 aromatic rings. The van der Waals surface area contributed by atoms with Gasteiger partial charge in [0.25, 0.3) is 0 Å². The predicted octanol–water partition coefficient (Wildman–Crippen LogP) is 2.00. The molecule has 0 amide bonds. The second-order valence-corrected chi connectivity index (χ2v) is 6.11. The van der Waals surface area contributed by atoms with Crippen LogP contribution in [-0.2, 0) is 4.74 Å². The Morgan fingerprint density at radius 2 is 2.16 bits per heavy atom. The van der Waals surface area contributed by atoms with Crippen molar-refractivity contribution in [2.45, 2.75) is 19.1 Å². The zero-order valence-electron chi connectivity index (χ0n) is 14.2. The topological polar surface area (TPSA) is 67.6 Å². The van der Waals surface area contributed by atoms with Crippen molar-refractivity contribution in [2.75, 3.05) is 31.6 Å². The summed E-state index contributed by atoms with van der Waals surface area (Å²) < 4.78 is 7.97. The quantitative estimate of drug-likeness (QED) is 0.767. The van der Waals surface area contributed by atoms with E-state index in [2.05, 4.69) is 56.6 Å². The van der Waals surface area contributed by atoms with E-state index in [4.69, 9.17) is 4.74 Å². The van der Waals surface area contributed by atoms with Crippen molar-refractivity contribution in [1.29, 1.82) is 0 Å². The summed E-state index contributed by atoms with van der Waals surface area (Å²) in [6.07, 6.45) is 5.29. The molecule has 1 aliphatic rings. The Bertz CT molecular complexity index is 821. The standard InChI is InChI=1S/C18H22N6O/c1-2-23-10-11-25-15(16(23)14-6-4-3-5-7-14)12-20-17-18-22-21-13-24(18)9-8-19-17/h3-9,13,15-16H,2,10-12H2,1H3,(H,19,20)/t15-,16-/m0/s1. The number of benzene rings is 1. The molecule has 2 aromatic heterocycles. The van der Waals surface area contributed by atoms with Crippen molar-refractivity contribution in [1.82, 2.24) is 24.5 Å². The summed E-state index contributed by atoms with van der Waals surface area (Å²) in [7, 11) is 0. The normalized spacial score (nSPS) is 21.5. The molecule has 1 saturated heterocycles. The highest BCUT2D eigenvalue weighted by atomic mass is 16.5. The minimum Gasteiger partial charge on any atom is -0.373 e. The Morgan fingerprint density at radius 1 is 1.28 bits per heavy atom. The molecule has 3 heterocycles. The fourth-order valence-electron chi connectivity index (χ4n) is 3.47. The van der Waals surface area contributed by atoms with Crippen LogP contribution in [0.15, 0.2) is 49.1 Å². The van der Waals surface area contributed by atoms with Gasteiger partial charge in [0.1, 0.15) is 6.33 Å². The molecule has 2 atom stereocenters. The lowest BCUT2D eigenvalue weighted by Crippen LogP contribution is -2.47. The van der Waals surface area contributed by atoms with E-state index in [9.17, 15) is 0 Å². The Kier molecular flexibility index (Phi) is 4.58. The lowest BCUT2D eigenvalue weighted by molar-refractivity contribution is -0.0639. The molecule has 7 heteroatoms. The van der Waals surface area contributed by atoms with Gasteiger partial charge in [-0.25, -0.2) is 4.98 Å². The van der Waals surface area contributed by atoms with Crippen LogP contribution in [0.2, 0.25) is 0 Å². The van der Waals surface area contributed by atoms with Gasteiger partial charge in [0, 0.05) is 25.5 Å². The van der Waals surface area contributed by atoms with E-state index in [1.807, 2.05) is 16.7 Å². The fourth-order valence-corrected chi connectivity index (χ4v) is 3.47. The molecule has 1 aromatic carbocycles. The third-order valence-corrected chi connectivity index (χ3v) is 4.69. The van der Waals surface area contributed by atoms with Gasteiger partial charge in [0.05, 0.1) is 18.8 Å². The highest BCUT2D eigenvalue weighted by molar-refractivity contribution is 5.61. The molecular weight excluding hydrogens is 316 g/mol. The molecule has 0 spiro atoms. The van der Waals surface area contributed by atoms with Crippen LogP contribution in [0.5, 0.6) is 0 Å². The molecule has 130 valence electrons. The van der Waals surface area contributed by atoms with Crippen molar-refractivity contribution in [3.63, 3.8) is 0 Å². The minimum absolute atomic E-state index is 0.0427. The van der Waals surface area contributed by atoms with Crippen molar-refractivity contribution < 1.29 is 4.74 Å². The molecule has 0 bridgehead atoms. The Morgan fingerprint density at radius 3 is 3.00 bits per heavy atom. The number of nitrogens with zero attached hydrogens (tertiary/aromatic N) is 5. The van der Waals surface area contributed by atoms with Crippen LogP contribution < -0.4 is 5.32 Å². The molecule has 0 aliphatic carbocycles. The average molecular weight is 338 g/mol. The van der Waals surface area contributed by atoms with Gasteiger partial charge in [-0.05, 0) is 12.1 Å². The molecular formula is C18H22N6O. The smallest absolute Gasteiger partial charge is 0.203 e. The number of fused-ring (bicyclic) bond motifs is 1. The largest absolute Gasteiger partial charge is 0.373 e. The maximum absolute atomic E-state index is 6.12. The molecule has 0 saturated carbocycles. The van der Waals surface area contributed by atoms with Crippen LogP contribution in [-0.4, -0.2) is 56.8 Å². The summed E-state index contributed by atoms with van der Waals surface area (Å²) in [6, 6.07) is 10.8. The van der Waals surface area contributed by atoms with Crippen LogP contribution in [0, 0.1) is 0 Å². The van der Waals surface area contributed by atoms with Gasteiger partial charge in [-0.1, -0.05) is 37.3 Å². The second kappa shape index (κ2) is 7.16. The highest BCUT2D eigenvalue weighted by Crippen LogP contribution is 2.29. The van der Waals surface area contributed by atoms with E-state index < -0.39 is 0 Å². The Hall–Kier alpha value is -2.51. The molecule has 1 N–H and O–H groups in total. The first-order valence-electron chi connectivity index (χ1n) is 8.65. The molecule has 0 unspecified atom stereocenters. The first kappa shape index (κ1) is 16.0. The van der Waals surface area contributed by atoms with Crippen LogP contribution in [0.3, 0.4) is 0 Å². The summed E-state index contributed by atoms with van der Waals surface area (Å²) in [4.78, 5) is 6.87. The molecule has 25 heavy (non-hydrogen) atoms. The number of hydrogen-bond donors (Lipinski definition) is 1. The van der Waals surface area contributed by atoms with Crippen LogP contribution in [0.4, 0.5) is 5.82 Å². The van der Waals surface area contributed by atoms with E-state index >= 15 is 0 Å². The van der Waals surface area contributed by atoms with Gasteiger partial charge < -0.3 is 10.1 Å². The van der Waals surface area contributed by atoms with Crippen molar-refractivity contribution in [3.8, 4) is 0 Å². The number of aromatic nitrogens is 4. The summed E-state index contributed by atoms with van der Waals surface area (Å²) >= 11 is 0. The highest BCUT2D eigenvalue weighted by Gasteiger charge is 2.32. The lowest BCUT2D eigenvalue weighted by atomic mass is 9.98. The zero-order valence-corrected chi connectivity index (χ0v) is 14.2. The number of anilines is 1. The first-order valence-corrected chi connectivity index (χ1v) is 8.65. The minimum atomic E-state index is 0.0427. The van der Waals surface area contributed by atoms with E-state index in [1.165, 1.54) is 5.56 Å². The van der Waals surface area contributed by atoms with Gasteiger partial charge in [-0.3, -0.25) is 9.30 Å². The van der Waals surface area contributed by atoms with Crippen molar-refractivity contribution >= 4 is 11.5 Å². The number of likely N-dealkylation sites (N-methyl/N-ethyl adjacent to an activating group) is 1. The summed E-state index contributed by atoms with van der Waals surface area (Å²) in [5.41, 5.74) is 2.01. The zero-order chi connectivity index (χ0) is 17.1.